The zero-order valence-electron chi connectivity index (χ0n) is 17.8. The lowest BCUT2D eigenvalue weighted by atomic mass is 9.89. The number of alkyl halides is 3. The predicted molar refractivity (Wildman–Crippen MR) is 118 cm³/mol. The molecule has 0 unspecified atom stereocenters. The number of carbonyl (C=O) groups excluding carboxylic acids is 1. The molecule has 0 radical (unpaired) electrons. The van der Waals surface area contributed by atoms with E-state index in [4.69, 9.17) is 0 Å². The van der Waals surface area contributed by atoms with Crippen LogP contribution >= 0.6 is 0 Å². The van der Waals surface area contributed by atoms with Crippen LogP contribution in [-0.2, 0) is 12.6 Å². The fourth-order valence-corrected chi connectivity index (χ4v) is 3.89. The van der Waals surface area contributed by atoms with Crippen molar-refractivity contribution in [2.24, 2.45) is 0 Å². The number of nitrogens with one attached hydrogen (secondary N) is 1. The Kier molecular flexibility index (Phi) is 6.82. The maximum atomic E-state index is 12.7. The molecule has 3 aromatic rings. The Labute approximate surface area is 189 Å². The van der Waals surface area contributed by atoms with Gasteiger partial charge in [-0.05, 0) is 61.1 Å². The quantitative estimate of drug-likeness (QED) is 0.575. The van der Waals surface area contributed by atoms with Crippen LogP contribution in [-0.4, -0.2) is 27.1 Å². The molecule has 5 nitrogen and oxygen atoms in total. The lowest BCUT2D eigenvalue weighted by Gasteiger charge is -2.24. The summed E-state index contributed by atoms with van der Waals surface area (Å²) in [5.74, 6) is -0.204. The van der Waals surface area contributed by atoms with Crippen molar-refractivity contribution < 1.29 is 18.0 Å². The Morgan fingerprint density at radius 2 is 1.91 bits per heavy atom. The number of aromatic nitrogens is 3. The molecular formula is C25H23F3N4O. The Morgan fingerprint density at radius 3 is 2.58 bits per heavy atom. The number of pyridine rings is 1. The van der Waals surface area contributed by atoms with Crippen LogP contribution in [0.1, 0.15) is 58.6 Å². The summed E-state index contributed by atoms with van der Waals surface area (Å²) in [5, 5.41) is 10.6. The summed E-state index contributed by atoms with van der Waals surface area (Å²) in [6.45, 7) is 0. The highest BCUT2D eigenvalue weighted by Crippen LogP contribution is 2.29. The Balaban J connectivity index is 1.34. The first-order valence-electron chi connectivity index (χ1n) is 10.8. The molecule has 0 spiro atoms. The van der Waals surface area contributed by atoms with E-state index in [0.29, 0.717) is 17.8 Å². The summed E-state index contributed by atoms with van der Waals surface area (Å²) in [4.78, 5) is 16.2. The maximum absolute atomic E-state index is 12.7. The second-order valence-corrected chi connectivity index (χ2v) is 8.12. The number of carbonyl (C=O) groups is 1. The second kappa shape index (κ2) is 9.94. The van der Waals surface area contributed by atoms with Crippen molar-refractivity contribution in [1.82, 2.24) is 20.5 Å². The lowest BCUT2D eigenvalue weighted by molar-refractivity contribution is -0.137. The highest BCUT2D eigenvalue weighted by molar-refractivity contribution is 5.92. The molecule has 2 heterocycles. The number of amides is 1. The molecule has 0 atom stereocenters. The van der Waals surface area contributed by atoms with Crippen LogP contribution in [0.2, 0.25) is 0 Å². The van der Waals surface area contributed by atoms with Gasteiger partial charge in [0.25, 0.3) is 5.91 Å². The van der Waals surface area contributed by atoms with Gasteiger partial charge in [0.2, 0.25) is 0 Å². The van der Waals surface area contributed by atoms with Crippen LogP contribution in [0.15, 0.2) is 66.5 Å². The van der Waals surface area contributed by atoms with E-state index in [-0.39, 0.29) is 11.9 Å². The average Bonchev–Trinajstić information content (AvgIpc) is 2.81. The van der Waals surface area contributed by atoms with Crippen molar-refractivity contribution in [2.45, 2.75) is 44.3 Å². The van der Waals surface area contributed by atoms with Gasteiger partial charge in [-0.2, -0.15) is 18.3 Å². The van der Waals surface area contributed by atoms with Crippen molar-refractivity contribution in [3.8, 4) is 0 Å². The van der Waals surface area contributed by atoms with Crippen molar-refractivity contribution in [2.75, 3.05) is 0 Å². The third-order valence-corrected chi connectivity index (χ3v) is 5.63. The van der Waals surface area contributed by atoms with Crippen LogP contribution in [0.5, 0.6) is 0 Å². The molecule has 0 bridgehead atoms. The van der Waals surface area contributed by atoms with Gasteiger partial charge in [0.15, 0.2) is 5.69 Å². The van der Waals surface area contributed by atoms with E-state index in [1.807, 2.05) is 24.3 Å². The van der Waals surface area contributed by atoms with Gasteiger partial charge in [-0.15, -0.1) is 5.10 Å². The second-order valence-electron chi connectivity index (χ2n) is 8.12. The van der Waals surface area contributed by atoms with Crippen molar-refractivity contribution in [1.29, 1.82) is 0 Å². The van der Waals surface area contributed by atoms with Gasteiger partial charge in [0, 0.05) is 30.6 Å². The minimum absolute atomic E-state index is 0.105. The van der Waals surface area contributed by atoms with Crippen molar-refractivity contribution in [3.05, 3.63) is 94.6 Å². The van der Waals surface area contributed by atoms with Crippen molar-refractivity contribution >= 4 is 12.0 Å². The number of allylic oxidation sites excluding steroid dienone is 1. The monoisotopic (exact) mass is 452 g/mol. The van der Waals surface area contributed by atoms with E-state index < -0.39 is 11.7 Å². The van der Waals surface area contributed by atoms with Crippen LogP contribution in [0, 0.1) is 0 Å². The molecule has 8 heteroatoms. The van der Waals surface area contributed by atoms with Gasteiger partial charge >= 0.3 is 6.18 Å². The highest BCUT2D eigenvalue weighted by atomic mass is 19.4. The molecule has 1 aromatic carbocycles. The Hall–Kier alpha value is -3.55. The zero-order chi connectivity index (χ0) is 23.3. The first kappa shape index (κ1) is 22.6. The Bertz CT molecular complexity index is 1120. The van der Waals surface area contributed by atoms with E-state index >= 15 is 0 Å². The normalized spacial score (nSPS) is 16.3. The number of halogens is 3. The van der Waals surface area contributed by atoms with Crippen LogP contribution in [0.3, 0.4) is 0 Å². The van der Waals surface area contributed by atoms with Gasteiger partial charge in [-0.1, -0.05) is 35.9 Å². The molecular weight excluding hydrogens is 429 g/mol. The standard InChI is InChI=1S/C25H23F3N4O/c26-25(27,28)20-8-11-22(29-16-20)15-19-4-1-3-18(14-19)13-17-6-9-21(10-7-17)31-24(33)23-5-2-12-30-32-23/h1-5,8,11-14,16,21H,6-7,9-10,15H2,(H,31,33). The van der Waals surface area contributed by atoms with E-state index in [1.54, 1.807) is 12.1 Å². The van der Waals surface area contributed by atoms with Crippen LogP contribution in [0.25, 0.3) is 6.08 Å². The van der Waals surface area contributed by atoms with E-state index in [2.05, 4.69) is 26.6 Å². The average molecular weight is 452 g/mol. The maximum Gasteiger partial charge on any atom is 0.417 e. The summed E-state index contributed by atoms with van der Waals surface area (Å²) >= 11 is 0. The summed E-state index contributed by atoms with van der Waals surface area (Å²) in [7, 11) is 0. The fraction of sp³-hybridized carbons (Fsp3) is 0.280. The number of hydrogen-bond donors (Lipinski definition) is 1. The molecule has 0 saturated heterocycles. The molecule has 33 heavy (non-hydrogen) atoms. The highest BCUT2D eigenvalue weighted by Gasteiger charge is 2.30. The number of benzene rings is 1. The summed E-state index contributed by atoms with van der Waals surface area (Å²) in [5.41, 5.74) is 3.52. The zero-order valence-corrected chi connectivity index (χ0v) is 17.8. The summed E-state index contributed by atoms with van der Waals surface area (Å²) in [6.07, 6.45) is 4.13. The minimum atomic E-state index is -4.38. The molecule has 1 saturated carbocycles. The predicted octanol–water partition coefficient (Wildman–Crippen LogP) is 5.24. The van der Waals surface area contributed by atoms with Gasteiger partial charge < -0.3 is 5.32 Å². The molecule has 4 rings (SSSR count). The van der Waals surface area contributed by atoms with E-state index in [0.717, 1.165) is 49.1 Å². The smallest absolute Gasteiger partial charge is 0.348 e. The van der Waals surface area contributed by atoms with Crippen LogP contribution < -0.4 is 5.32 Å². The Morgan fingerprint density at radius 1 is 1.09 bits per heavy atom. The molecule has 1 N–H and O–H groups in total. The van der Waals surface area contributed by atoms with Gasteiger partial charge in [0.05, 0.1) is 5.56 Å². The fourth-order valence-electron chi connectivity index (χ4n) is 3.89. The molecule has 1 fully saturated rings. The number of nitrogens with zero attached hydrogens (tertiary/aromatic N) is 3. The minimum Gasteiger partial charge on any atom is -0.348 e. The summed E-state index contributed by atoms with van der Waals surface area (Å²) < 4.78 is 38.1. The van der Waals surface area contributed by atoms with E-state index in [9.17, 15) is 18.0 Å². The molecule has 170 valence electrons. The first-order valence-corrected chi connectivity index (χ1v) is 10.8. The third kappa shape index (κ3) is 6.25. The number of hydrogen-bond acceptors (Lipinski definition) is 4. The summed E-state index contributed by atoms with van der Waals surface area (Å²) in [6, 6.07) is 13.9. The van der Waals surface area contributed by atoms with Crippen LogP contribution in [0.4, 0.5) is 13.2 Å². The molecule has 1 amide bonds. The molecule has 1 aliphatic rings. The molecule has 2 aromatic heterocycles. The van der Waals surface area contributed by atoms with E-state index in [1.165, 1.54) is 17.8 Å². The van der Waals surface area contributed by atoms with Crippen molar-refractivity contribution in [3.63, 3.8) is 0 Å². The van der Waals surface area contributed by atoms with Gasteiger partial charge in [-0.3, -0.25) is 9.78 Å². The lowest BCUT2D eigenvalue weighted by Crippen LogP contribution is -2.37. The number of rotatable bonds is 5. The molecule has 1 aliphatic carbocycles. The first-order chi connectivity index (χ1) is 15.9. The SMILES string of the molecule is O=C(NC1CCC(=Cc2cccc(Cc3ccc(C(F)(F)F)cn3)c2)CC1)c1cccnn1. The van der Waals surface area contributed by atoms with Gasteiger partial charge in [-0.25, -0.2) is 0 Å². The third-order valence-electron chi connectivity index (χ3n) is 5.63. The largest absolute Gasteiger partial charge is 0.417 e. The van der Waals surface area contributed by atoms with Gasteiger partial charge in [0.1, 0.15) is 0 Å². The topological polar surface area (TPSA) is 67.8 Å². The molecule has 0 aliphatic heterocycles.